The van der Waals surface area contributed by atoms with Gasteiger partial charge in [-0.1, -0.05) is 18.2 Å². The highest BCUT2D eigenvalue weighted by Gasteiger charge is 2.30. The monoisotopic (exact) mass is 316 g/mol. The number of nitrogens with two attached hydrogens (primary N) is 1. The first-order valence-electron chi connectivity index (χ1n) is 7.03. The van der Waals surface area contributed by atoms with Gasteiger partial charge in [0, 0.05) is 16.9 Å². The number of hydrogen-bond acceptors (Lipinski definition) is 5. The Balaban J connectivity index is 1.81. The fourth-order valence-corrected chi connectivity index (χ4v) is 2.75. The molecule has 1 aliphatic carbocycles. The van der Waals surface area contributed by atoms with Gasteiger partial charge in [-0.05, 0) is 18.9 Å². The van der Waals surface area contributed by atoms with Crippen LogP contribution in [0.5, 0.6) is 0 Å². The predicted molar refractivity (Wildman–Crippen MR) is 86.6 cm³/mol. The molecule has 0 spiro atoms. The van der Waals surface area contributed by atoms with Gasteiger partial charge in [-0.3, -0.25) is 9.59 Å². The maximum Gasteiger partial charge on any atom is 0.239 e. The summed E-state index contributed by atoms with van der Waals surface area (Å²) in [6.45, 7) is -0.0804. The molecule has 1 aromatic carbocycles. The van der Waals surface area contributed by atoms with Crippen LogP contribution in [0.4, 0.5) is 10.8 Å². The largest absolute Gasteiger partial charge is 0.325 e. The Morgan fingerprint density at radius 2 is 2.05 bits per heavy atom. The van der Waals surface area contributed by atoms with Crippen LogP contribution in [-0.4, -0.2) is 23.3 Å². The summed E-state index contributed by atoms with van der Waals surface area (Å²) in [5.41, 5.74) is 7.55. The van der Waals surface area contributed by atoms with E-state index in [1.807, 2.05) is 29.6 Å². The van der Waals surface area contributed by atoms with E-state index in [4.69, 9.17) is 5.73 Å². The van der Waals surface area contributed by atoms with E-state index < -0.39 is 0 Å². The molecule has 0 aliphatic heterocycles. The number of aromatic nitrogens is 1. The van der Waals surface area contributed by atoms with Crippen molar-refractivity contribution in [3.63, 3.8) is 0 Å². The molecule has 3 rings (SSSR count). The third-order valence-corrected chi connectivity index (χ3v) is 4.10. The Bertz CT molecular complexity index is 709. The van der Waals surface area contributed by atoms with E-state index in [-0.39, 0.29) is 24.3 Å². The van der Waals surface area contributed by atoms with Gasteiger partial charge >= 0.3 is 0 Å². The maximum atomic E-state index is 11.9. The van der Waals surface area contributed by atoms with Gasteiger partial charge in [0.05, 0.1) is 17.9 Å². The second-order valence-electron chi connectivity index (χ2n) is 5.10. The maximum absolute atomic E-state index is 11.9. The zero-order valence-electron chi connectivity index (χ0n) is 11.8. The van der Waals surface area contributed by atoms with Crippen molar-refractivity contribution in [2.45, 2.75) is 12.8 Å². The normalized spacial score (nSPS) is 13.7. The molecule has 4 N–H and O–H groups in total. The molecular weight excluding hydrogens is 300 g/mol. The Kier molecular flexibility index (Phi) is 4.17. The summed E-state index contributed by atoms with van der Waals surface area (Å²) in [4.78, 5) is 27.6. The summed E-state index contributed by atoms with van der Waals surface area (Å²) in [6, 6.07) is 7.51. The van der Waals surface area contributed by atoms with Gasteiger partial charge in [0.15, 0.2) is 5.13 Å². The number of para-hydroxylation sites is 1. The number of rotatable bonds is 5. The summed E-state index contributed by atoms with van der Waals surface area (Å²) >= 11 is 1.32. The van der Waals surface area contributed by atoms with Gasteiger partial charge in [-0.15, -0.1) is 11.3 Å². The molecule has 2 aromatic rings. The average molecular weight is 316 g/mol. The van der Waals surface area contributed by atoms with E-state index in [0.29, 0.717) is 10.8 Å². The first-order chi connectivity index (χ1) is 10.7. The number of benzene rings is 1. The summed E-state index contributed by atoms with van der Waals surface area (Å²) in [5.74, 6) is -0.0848. The summed E-state index contributed by atoms with van der Waals surface area (Å²) in [7, 11) is 0. The number of amides is 2. The lowest BCUT2D eigenvalue weighted by atomic mass is 10.1. The van der Waals surface area contributed by atoms with Crippen LogP contribution in [-0.2, 0) is 9.59 Å². The second kappa shape index (κ2) is 6.25. The Hall–Kier alpha value is -2.25. The number of nitrogens with one attached hydrogen (secondary N) is 2. The number of nitrogens with zero attached hydrogens (tertiary/aromatic N) is 1. The van der Waals surface area contributed by atoms with Gasteiger partial charge < -0.3 is 16.4 Å². The van der Waals surface area contributed by atoms with E-state index in [1.165, 1.54) is 11.3 Å². The minimum atomic E-state index is -0.281. The highest BCUT2D eigenvalue weighted by Crippen LogP contribution is 2.34. The lowest BCUT2D eigenvalue weighted by Crippen LogP contribution is -2.21. The molecule has 22 heavy (non-hydrogen) atoms. The SMILES string of the molecule is NCC(=O)Nc1nc(-c2ccccc2NC(=O)C2CC2)cs1. The van der Waals surface area contributed by atoms with Crippen molar-refractivity contribution in [3.8, 4) is 11.3 Å². The van der Waals surface area contributed by atoms with Gasteiger partial charge in [0.2, 0.25) is 11.8 Å². The van der Waals surface area contributed by atoms with Crippen LogP contribution in [0.2, 0.25) is 0 Å². The summed E-state index contributed by atoms with van der Waals surface area (Å²) in [5, 5.41) is 7.91. The molecule has 6 nitrogen and oxygen atoms in total. The van der Waals surface area contributed by atoms with Crippen molar-refractivity contribution in [3.05, 3.63) is 29.6 Å². The van der Waals surface area contributed by atoms with E-state index in [1.54, 1.807) is 0 Å². The molecule has 1 aliphatic rings. The van der Waals surface area contributed by atoms with Crippen LogP contribution in [0, 0.1) is 5.92 Å². The molecule has 1 aromatic heterocycles. The molecule has 1 fully saturated rings. The topological polar surface area (TPSA) is 97.1 Å². The van der Waals surface area contributed by atoms with Crippen molar-refractivity contribution < 1.29 is 9.59 Å². The zero-order chi connectivity index (χ0) is 15.5. The van der Waals surface area contributed by atoms with Gasteiger partial charge in [0.1, 0.15) is 0 Å². The standard InChI is InChI=1S/C15H16N4O2S/c16-7-13(20)19-15-18-12(8-22-15)10-3-1-2-4-11(10)17-14(21)9-5-6-9/h1-4,8-9H,5-7,16H2,(H,17,21)(H,18,19,20). The first kappa shape index (κ1) is 14.7. The molecule has 114 valence electrons. The fraction of sp³-hybridized carbons (Fsp3) is 0.267. The molecule has 7 heteroatoms. The molecule has 2 amide bonds. The molecule has 1 saturated carbocycles. The van der Waals surface area contributed by atoms with E-state index in [0.717, 1.165) is 24.1 Å². The number of carbonyl (C=O) groups is 2. The highest BCUT2D eigenvalue weighted by molar-refractivity contribution is 7.14. The molecule has 0 saturated heterocycles. The predicted octanol–water partition coefficient (Wildman–Crippen LogP) is 2.06. The molecular formula is C15H16N4O2S. The first-order valence-corrected chi connectivity index (χ1v) is 7.91. The van der Waals surface area contributed by atoms with Gasteiger partial charge in [0.25, 0.3) is 0 Å². The number of anilines is 2. The van der Waals surface area contributed by atoms with Crippen LogP contribution in [0.15, 0.2) is 29.6 Å². The second-order valence-corrected chi connectivity index (χ2v) is 5.96. The van der Waals surface area contributed by atoms with E-state index >= 15 is 0 Å². The van der Waals surface area contributed by atoms with Crippen LogP contribution in [0.3, 0.4) is 0 Å². The zero-order valence-corrected chi connectivity index (χ0v) is 12.7. The van der Waals surface area contributed by atoms with Crippen molar-refractivity contribution in [2.75, 3.05) is 17.2 Å². The quantitative estimate of drug-likeness (QED) is 0.786. The van der Waals surface area contributed by atoms with Crippen molar-refractivity contribution in [2.24, 2.45) is 11.7 Å². The average Bonchev–Trinajstić information content (AvgIpc) is 3.28. The van der Waals surface area contributed by atoms with E-state index in [9.17, 15) is 9.59 Å². The minimum absolute atomic E-state index is 0.0549. The minimum Gasteiger partial charge on any atom is -0.325 e. The van der Waals surface area contributed by atoms with Gasteiger partial charge in [-0.2, -0.15) is 0 Å². The molecule has 0 bridgehead atoms. The lowest BCUT2D eigenvalue weighted by Gasteiger charge is -2.09. The van der Waals surface area contributed by atoms with Crippen molar-refractivity contribution >= 4 is 34.0 Å². The van der Waals surface area contributed by atoms with Crippen LogP contribution in [0.1, 0.15) is 12.8 Å². The molecule has 0 atom stereocenters. The number of hydrogen-bond donors (Lipinski definition) is 3. The summed E-state index contributed by atoms with van der Waals surface area (Å²) in [6.07, 6.45) is 1.92. The number of carbonyl (C=O) groups excluding carboxylic acids is 2. The Labute approximate surface area is 131 Å². The third kappa shape index (κ3) is 3.32. The van der Waals surface area contributed by atoms with Crippen LogP contribution < -0.4 is 16.4 Å². The summed E-state index contributed by atoms with van der Waals surface area (Å²) < 4.78 is 0. The van der Waals surface area contributed by atoms with Gasteiger partial charge in [-0.25, -0.2) is 4.98 Å². The number of thiazole rings is 1. The molecule has 1 heterocycles. The third-order valence-electron chi connectivity index (χ3n) is 3.34. The smallest absolute Gasteiger partial charge is 0.239 e. The fourth-order valence-electron chi connectivity index (χ4n) is 2.02. The van der Waals surface area contributed by atoms with Crippen molar-refractivity contribution in [1.29, 1.82) is 0 Å². The Morgan fingerprint density at radius 1 is 1.27 bits per heavy atom. The van der Waals surface area contributed by atoms with E-state index in [2.05, 4.69) is 15.6 Å². The lowest BCUT2D eigenvalue weighted by molar-refractivity contribution is -0.117. The van der Waals surface area contributed by atoms with Crippen LogP contribution >= 0.6 is 11.3 Å². The van der Waals surface area contributed by atoms with Crippen LogP contribution in [0.25, 0.3) is 11.3 Å². The highest BCUT2D eigenvalue weighted by atomic mass is 32.1. The van der Waals surface area contributed by atoms with Crippen molar-refractivity contribution in [1.82, 2.24) is 4.98 Å². The Morgan fingerprint density at radius 3 is 2.77 bits per heavy atom. The molecule has 0 radical (unpaired) electrons. The molecule has 0 unspecified atom stereocenters.